The standard InChI is InChI=1S/C25H39NO3.ClH/c1-24-13-11-18(27)16-17(24)7-8-19-20-9-10-22(25(20,2)14-12-21(19)24)29-23(28)6-5-15-26(3)4;/h16,19-22H,5-15H2,1-4H3;1H/t19-,20-,21-,22-,24-,25-;/m0./s1. The van der Waals surface area contributed by atoms with Crippen molar-refractivity contribution in [3.05, 3.63) is 11.6 Å². The van der Waals surface area contributed by atoms with E-state index in [9.17, 15) is 9.59 Å². The van der Waals surface area contributed by atoms with Gasteiger partial charge in [0.2, 0.25) is 0 Å². The molecule has 5 heteroatoms. The number of hydrogen-bond donors (Lipinski definition) is 0. The van der Waals surface area contributed by atoms with Gasteiger partial charge in [0.15, 0.2) is 5.78 Å². The number of nitrogens with zero attached hydrogens (tertiary/aromatic N) is 1. The molecule has 4 rings (SSSR count). The second-order valence-corrected chi connectivity index (χ2v) is 11.0. The van der Waals surface area contributed by atoms with E-state index in [0.717, 1.165) is 51.0 Å². The smallest absolute Gasteiger partial charge is 0.306 e. The Balaban J connectivity index is 0.00000256. The van der Waals surface area contributed by atoms with Crippen molar-refractivity contribution in [1.82, 2.24) is 4.90 Å². The zero-order valence-corrected chi connectivity index (χ0v) is 20.1. The maximum absolute atomic E-state index is 12.5. The molecular weight excluding hydrogens is 398 g/mol. The van der Waals surface area contributed by atoms with Crippen molar-refractivity contribution in [2.24, 2.45) is 28.6 Å². The minimum atomic E-state index is -0.00698. The Morgan fingerprint density at radius 3 is 2.60 bits per heavy atom. The van der Waals surface area contributed by atoms with Crippen LogP contribution in [-0.4, -0.2) is 43.4 Å². The second kappa shape index (κ2) is 8.94. The molecule has 30 heavy (non-hydrogen) atoms. The van der Waals surface area contributed by atoms with Gasteiger partial charge in [0, 0.05) is 18.3 Å². The first kappa shape index (κ1) is 23.8. The van der Waals surface area contributed by atoms with E-state index < -0.39 is 0 Å². The number of esters is 1. The first-order chi connectivity index (χ1) is 13.7. The van der Waals surface area contributed by atoms with Gasteiger partial charge in [0.25, 0.3) is 0 Å². The maximum atomic E-state index is 12.5. The Kier molecular flexibility index (Phi) is 7.09. The molecule has 3 fully saturated rings. The molecule has 4 aliphatic carbocycles. The van der Waals surface area contributed by atoms with Gasteiger partial charge in [-0.05, 0) is 101 Å². The Hall–Kier alpha value is -0.870. The normalized spacial score (nSPS) is 40.0. The van der Waals surface area contributed by atoms with Crippen LogP contribution in [0.1, 0.15) is 78.1 Å². The molecule has 0 heterocycles. The average Bonchev–Trinajstić information content (AvgIpc) is 2.98. The fourth-order valence-electron chi connectivity index (χ4n) is 7.46. The zero-order chi connectivity index (χ0) is 20.8. The molecule has 3 saturated carbocycles. The van der Waals surface area contributed by atoms with Gasteiger partial charge < -0.3 is 9.64 Å². The summed E-state index contributed by atoms with van der Waals surface area (Å²) in [6.45, 7) is 5.76. The minimum Gasteiger partial charge on any atom is -0.462 e. The lowest BCUT2D eigenvalue weighted by atomic mass is 9.47. The molecule has 0 aromatic heterocycles. The Morgan fingerprint density at radius 2 is 1.87 bits per heavy atom. The van der Waals surface area contributed by atoms with Crippen LogP contribution in [0, 0.1) is 28.6 Å². The highest BCUT2D eigenvalue weighted by Crippen LogP contribution is 2.65. The molecule has 6 atom stereocenters. The highest BCUT2D eigenvalue weighted by Gasteiger charge is 2.59. The summed E-state index contributed by atoms with van der Waals surface area (Å²) >= 11 is 0. The largest absolute Gasteiger partial charge is 0.462 e. The second-order valence-electron chi connectivity index (χ2n) is 11.0. The highest BCUT2D eigenvalue weighted by atomic mass is 35.5. The van der Waals surface area contributed by atoms with Crippen LogP contribution < -0.4 is 0 Å². The molecule has 0 aromatic carbocycles. The average molecular weight is 438 g/mol. The van der Waals surface area contributed by atoms with E-state index in [-0.39, 0.29) is 35.3 Å². The van der Waals surface area contributed by atoms with Crippen LogP contribution in [0.3, 0.4) is 0 Å². The number of fused-ring (bicyclic) bond motifs is 5. The molecule has 0 spiro atoms. The van der Waals surface area contributed by atoms with Crippen LogP contribution in [0.4, 0.5) is 0 Å². The first-order valence-corrected chi connectivity index (χ1v) is 11.8. The summed E-state index contributed by atoms with van der Waals surface area (Å²) < 4.78 is 6.08. The van der Waals surface area contributed by atoms with E-state index in [2.05, 4.69) is 18.7 Å². The van der Waals surface area contributed by atoms with Crippen molar-refractivity contribution in [2.45, 2.75) is 84.2 Å². The number of carbonyl (C=O) groups is 2. The number of ether oxygens (including phenoxy) is 1. The fourth-order valence-corrected chi connectivity index (χ4v) is 7.46. The highest BCUT2D eigenvalue weighted by molar-refractivity contribution is 5.91. The van der Waals surface area contributed by atoms with Crippen molar-refractivity contribution in [1.29, 1.82) is 0 Å². The Bertz CT molecular complexity index is 705. The van der Waals surface area contributed by atoms with Crippen molar-refractivity contribution in [3.63, 3.8) is 0 Å². The molecule has 0 unspecified atom stereocenters. The van der Waals surface area contributed by atoms with Crippen molar-refractivity contribution in [3.8, 4) is 0 Å². The summed E-state index contributed by atoms with van der Waals surface area (Å²) in [6.07, 6.45) is 12.1. The lowest BCUT2D eigenvalue weighted by Crippen LogP contribution is -2.51. The van der Waals surface area contributed by atoms with Crippen molar-refractivity contribution >= 4 is 24.2 Å². The molecule has 0 saturated heterocycles. The molecule has 0 radical (unpaired) electrons. The fraction of sp³-hybridized carbons (Fsp3) is 0.840. The quantitative estimate of drug-likeness (QED) is 0.555. The molecule has 170 valence electrons. The predicted molar refractivity (Wildman–Crippen MR) is 122 cm³/mol. The number of hydrogen-bond acceptors (Lipinski definition) is 4. The summed E-state index contributed by atoms with van der Waals surface area (Å²) in [4.78, 5) is 26.6. The predicted octanol–water partition coefficient (Wildman–Crippen LogP) is 5.19. The molecule has 4 aliphatic rings. The minimum absolute atomic E-state index is 0. The van der Waals surface area contributed by atoms with Gasteiger partial charge in [-0.1, -0.05) is 19.4 Å². The van der Waals surface area contributed by atoms with Gasteiger partial charge in [-0.2, -0.15) is 0 Å². The summed E-state index contributed by atoms with van der Waals surface area (Å²) in [7, 11) is 4.08. The summed E-state index contributed by atoms with van der Waals surface area (Å²) in [5.74, 6) is 2.41. The lowest BCUT2D eigenvalue weighted by molar-refractivity contribution is -0.160. The van der Waals surface area contributed by atoms with Crippen LogP contribution in [0.25, 0.3) is 0 Å². The van der Waals surface area contributed by atoms with Crippen molar-refractivity contribution < 1.29 is 14.3 Å². The lowest BCUT2D eigenvalue weighted by Gasteiger charge is -2.57. The third-order valence-corrected chi connectivity index (χ3v) is 9.13. The van der Waals surface area contributed by atoms with Gasteiger partial charge >= 0.3 is 5.97 Å². The van der Waals surface area contributed by atoms with Gasteiger partial charge in [0.1, 0.15) is 6.10 Å². The van der Waals surface area contributed by atoms with Crippen LogP contribution in [0.2, 0.25) is 0 Å². The zero-order valence-electron chi connectivity index (χ0n) is 19.2. The van der Waals surface area contributed by atoms with E-state index in [1.807, 2.05) is 20.2 Å². The van der Waals surface area contributed by atoms with Gasteiger partial charge in [-0.3, -0.25) is 9.59 Å². The van der Waals surface area contributed by atoms with E-state index in [1.54, 1.807) is 0 Å². The van der Waals surface area contributed by atoms with E-state index in [0.29, 0.717) is 24.0 Å². The Labute approximate surface area is 188 Å². The van der Waals surface area contributed by atoms with Gasteiger partial charge in [-0.15, -0.1) is 12.4 Å². The molecule has 0 N–H and O–H groups in total. The topological polar surface area (TPSA) is 46.6 Å². The molecule has 4 nitrogen and oxygen atoms in total. The third-order valence-electron chi connectivity index (χ3n) is 9.13. The number of halogens is 1. The summed E-state index contributed by atoms with van der Waals surface area (Å²) in [5.41, 5.74) is 1.79. The summed E-state index contributed by atoms with van der Waals surface area (Å²) in [6, 6.07) is 0. The van der Waals surface area contributed by atoms with Crippen molar-refractivity contribution in [2.75, 3.05) is 20.6 Å². The van der Waals surface area contributed by atoms with E-state index in [4.69, 9.17) is 4.74 Å². The van der Waals surface area contributed by atoms with Crippen LogP contribution >= 0.6 is 12.4 Å². The molecule has 0 aromatic rings. The number of rotatable bonds is 5. The van der Waals surface area contributed by atoms with Crippen LogP contribution in [0.15, 0.2) is 11.6 Å². The Morgan fingerprint density at radius 1 is 1.10 bits per heavy atom. The number of carbonyl (C=O) groups excluding carboxylic acids is 2. The number of ketones is 1. The third kappa shape index (κ3) is 4.11. The van der Waals surface area contributed by atoms with E-state index >= 15 is 0 Å². The summed E-state index contributed by atoms with van der Waals surface area (Å²) in [5, 5.41) is 0. The molecule has 0 aliphatic heterocycles. The first-order valence-electron chi connectivity index (χ1n) is 11.8. The maximum Gasteiger partial charge on any atom is 0.306 e. The molecule has 0 bridgehead atoms. The SMILES string of the molecule is CN(C)CCCC(=O)O[C@H]1CC[C@H]2[C@@H]3CCC4=CC(=O)CC[C@]4(C)[C@H]3CC[C@]12C.Cl. The molecular formula is C25H40ClNO3. The van der Waals surface area contributed by atoms with Gasteiger partial charge in [-0.25, -0.2) is 0 Å². The van der Waals surface area contributed by atoms with E-state index in [1.165, 1.54) is 24.8 Å². The van der Waals surface area contributed by atoms with Crippen LogP contribution in [0.5, 0.6) is 0 Å². The van der Waals surface area contributed by atoms with Gasteiger partial charge in [0.05, 0.1) is 0 Å². The molecule has 0 amide bonds. The monoisotopic (exact) mass is 437 g/mol. The van der Waals surface area contributed by atoms with Crippen LogP contribution in [-0.2, 0) is 14.3 Å². The number of allylic oxidation sites excluding steroid dienone is 1.